The van der Waals surface area contributed by atoms with Crippen LogP contribution in [0.1, 0.15) is 12.5 Å². The van der Waals surface area contributed by atoms with E-state index in [0.717, 1.165) is 28.6 Å². The molecule has 0 amide bonds. The second kappa shape index (κ2) is 8.06. The van der Waals surface area contributed by atoms with Crippen LogP contribution in [0.3, 0.4) is 0 Å². The van der Waals surface area contributed by atoms with Crippen LogP contribution in [0.4, 0.5) is 0 Å². The molecule has 120 valence electrons. The van der Waals surface area contributed by atoms with Crippen molar-refractivity contribution in [1.29, 1.82) is 0 Å². The zero-order valence-electron chi connectivity index (χ0n) is 11.7. The van der Waals surface area contributed by atoms with E-state index in [0.29, 0.717) is 13.2 Å². The van der Waals surface area contributed by atoms with Crippen molar-refractivity contribution in [3.05, 3.63) is 23.9 Å². The highest BCUT2D eigenvalue weighted by Crippen LogP contribution is 2.31. The standard InChI is InChI=1S/C13H18N4O.3ClH/c1-8(14)6-17-13-9(5-16-17)2-3-12-11(13)4-10(15)7-18-12;;;/h2-3,5,8,10H,4,6-7,14-15H2,1H3;3*1H. The molecule has 0 saturated carbocycles. The number of halogens is 3. The van der Waals surface area contributed by atoms with Crippen LogP contribution in [-0.4, -0.2) is 28.5 Å². The lowest BCUT2D eigenvalue weighted by atomic mass is 10.0. The van der Waals surface area contributed by atoms with Crippen LogP contribution in [0.15, 0.2) is 18.3 Å². The van der Waals surface area contributed by atoms with E-state index < -0.39 is 0 Å². The Morgan fingerprint density at radius 2 is 2.10 bits per heavy atom. The van der Waals surface area contributed by atoms with Gasteiger partial charge in [-0.3, -0.25) is 4.68 Å². The number of nitrogens with two attached hydrogens (primary N) is 2. The minimum Gasteiger partial charge on any atom is -0.492 e. The van der Waals surface area contributed by atoms with Crippen LogP contribution in [-0.2, 0) is 13.0 Å². The fourth-order valence-corrected chi connectivity index (χ4v) is 2.50. The minimum atomic E-state index is 0. The smallest absolute Gasteiger partial charge is 0.124 e. The Balaban J connectivity index is 0.00000133. The second-order valence-corrected chi connectivity index (χ2v) is 5.06. The average Bonchev–Trinajstić information content (AvgIpc) is 2.72. The molecule has 1 aromatic heterocycles. The number of aromatic nitrogens is 2. The summed E-state index contributed by atoms with van der Waals surface area (Å²) in [6, 6.07) is 4.17. The van der Waals surface area contributed by atoms with Gasteiger partial charge in [-0.05, 0) is 25.5 Å². The molecule has 0 fully saturated rings. The van der Waals surface area contributed by atoms with Crippen molar-refractivity contribution in [1.82, 2.24) is 9.78 Å². The molecule has 2 unspecified atom stereocenters. The van der Waals surface area contributed by atoms with Gasteiger partial charge >= 0.3 is 0 Å². The van der Waals surface area contributed by atoms with Crippen molar-refractivity contribution < 1.29 is 4.74 Å². The Bertz CT molecular complexity index is 588. The third kappa shape index (κ3) is 3.93. The molecule has 2 heterocycles. The molecule has 4 N–H and O–H groups in total. The summed E-state index contributed by atoms with van der Waals surface area (Å²) < 4.78 is 7.63. The van der Waals surface area contributed by atoms with Gasteiger partial charge < -0.3 is 16.2 Å². The number of ether oxygens (including phenoxy) is 1. The minimum absolute atomic E-state index is 0. The predicted octanol–water partition coefficient (Wildman–Crippen LogP) is 1.91. The van der Waals surface area contributed by atoms with Gasteiger partial charge in [-0.2, -0.15) is 5.10 Å². The normalized spacial score (nSPS) is 17.6. The molecule has 2 atom stereocenters. The lowest BCUT2D eigenvalue weighted by molar-refractivity contribution is 0.264. The molecule has 21 heavy (non-hydrogen) atoms. The summed E-state index contributed by atoms with van der Waals surface area (Å²) in [4.78, 5) is 0. The van der Waals surface area contributed by atoms with Gasteiger partial charge in [0, 0.05) is 23.0 Å². The summed E-state index contributed by atoms with van der Waals surface area (Å²) in [5.41, 5.74) is 14.1. The molecule has 1 aromatic carbocycles. The molecule has 2 aromatic rings. The summed E-state index contributed by atoms with van der Waals surface area (Å²) in [7, 11) is 0. The highest BCUT2D eigenvalue weighted by atomic mass is 35.5. The topological polar surface area (TPSA) is 79.1 Å². The van der Waals surface area contributed by atoms with Crippen LogP contribution in [0.2, 0.25) is 0 Å². The number of benzene rings is 1. The van der Waals surface area contributed by atoms with E-state index in [1.165, 1.54) is 0 Å². The first kappa shape index (κ1) is 20.3. The number of hydrogen-bond acceptors (Lipinski definition) is 4. The monoisotopic (exact) mass is 354 g/mol. The van der Waals surface area contributed by atoms with Crippen LogP contribution in [0.5, 0.6) is 5.75 Å². The SMILES string of the molecule is CC(N)Cn1ncc2ccc3c(c21)CC(N)CO3.Cl.Cl.Cl. The fourth-order valence-electron chi connectivity index (χ4n) is 2.50. The Morgan fingerprint density at radius 3 is 2.76 bits per heavy atom. The molecule has 0 spiro atoms. The molecular weight excluding hydrogens is 335 g/mol. The predicted molar refractivity (Wildman–Crippen MR) is 92.3 cm³/mol. The molecule has 0 saturated heterocycles. The first-order valence-electron chi connectivity index (χ1n) is 6.26. The molecule has 0 radical (unpaired) electrons. The number of hydrogen-bond donors (Lipinski definition) is 2. The molecular formula is C13H21Cl3N4O. The van der Waals surface area contributed by atoms with E-state index >= 15 is 0 Å². The zero-order valence-corrected chi connectivity index (χ0v) is 14.1. The lowest BCUT2D eigenvalue weighted by Gasteiger charge is -2.23. The van der Waals surface area contributed by atoms with Gasteiger partial charge in [-0.25, -0.2) is 0 Å². The highest BCUT2D eigenvalue weighted by molar-refractivity contribution is 5.86. The Labute approximate surface area is 142 Å². The van der Waals surface area contributed by atoms with Crippen molar-refractivity contribution >= 4 is 48.1 Å². The maximum atomic E-state index is 5.98. The number of fused-ring (bicyclic) bond motifs is 3. The Morgan fingerprint density at radius 1 is 1.38 bits per heavy atom. The van der Waals surface area contributed by atoms with Crippen LogP contribution in [0, 0.1) is 0 Å². The molecule has 8 heteroatoms. The van der Waals surface area contributed by atoms with E-state index in [4.69, 9.17) is 16.2 Å². The lowest BCUT2D eigenvalue weighted by Crippen LogP contribution is -2.34. The summed E-state index contributed by atoms with van der Waals surface area (Å²) in [6.07, 6.45) is 2.70. The van der Waals surface area contributed by atoms with Crippen LogP contribution >= 0.6 is 37.2 Å². The van der Waals surface area contributed by atoms with Crippen molar-refractivity contribution in [2.75, 3.05) is 6.61 Å². The first-order valence-corrected chi connectivity index (χ1v) is 6.26. The van der Waals surface area contributed by atoms with Crippen LogP contribution < -0.4 is 16.2 Å². The first-order chi connectivity index (χ1) is 8.65. The van der Waals surface area contributed by atoms with E-state index in [9.17, 15) is 0 Å². The third-order valence-electron chi connectivity index (χ3n) is 3.25. The average molecular weight is 356 g/mol. The molecule has 3 rings (SSSR count). The van der Waals surface area contributed by atoms with Gasteiger partial charge in [-0.1, -0.05) is 0 Å². The molecule has 5 nitrogen and oxygen atoms in total. The highest BCUT2D eigenvalue weighted by Gasteiger charge is 2.21. The van der Waals surface area contributed by atoms with E-state index in [1.54, 1.807) is 0 Å². The quantitative estimate of drug-likeness (QED) is 0.862. The van der Waals surface area contributed by atoms with Crippen molar-refractivity contribution in [2.24, 2.45) is 11.5 Å². The van der Waals surface area contributed by atoms with Gasteiger partial charge in [0.1, 0.15) is 12.4 Å². The van der Waals surface area contributed by atoms with Crippen molar-refractivity contribution in [3.63, 3.8) is 0 Å². The van der Waals surface area contributed by atoms with E-state index in [2.05, 4.69) is 5.10 Å². The van der Waals surface area contributed by atoms with Gasteiger partial charge in [0.05, 0.1) is 18.3 Å². The van der Waals surface area contributed by atoms with E-state index in [1.807, 2.05) is 29.9 Å². The van der Waals surface area contributed by atoms with Gasteiger partial charge in [0.25, 0.3) is 0 Å². The molecule has 1 aliphatic rings. The van der Waals surface area contributed by atoms with Gasteiger partial charge in [-0.15, -0.1) is 37.2 Å². The molecule has 0 bridgehead atoms. The Kier molecular flexibility index (Phi) is 7.78. The van der Waals surface area contributed by atoms with Crippen molar-refractivity contribution in [3.8, 4) is 5.75 Å². The summed E-state index contributed by atoms with van der Waals surface area (Å²) in [5, 5.41) is 5.53. The maximum absolute atomic E-state index is 5.98. The number of nitrogens with zero attached hydrogens (tertiary/aromatic N) is 2. The van der Waals surface area contributed by atoms with Crippen molar-refractivity contribution in [2.45, 2.75) is 32.0 Å². The Hall–Kier alpha value is -0.720. The third-order valence-corrected chi connectivity index (χ3v) is 3.25. The summed E-state index contributed by atoms with van der Waals surface area (Å²) in [6.45, 7) is 3.26. The largest absolute Gasteiger partial charge is 0.492 e. The van der Waals surface area contributed by atoms with E-state index in [-0.39, 0.29) is 49.3 Å². The molecule has 1 aliphatic heterocycles. The van der Waals surface area contributed by atoms with Gasteiger partial charge in [0.15, 0.2) is 0 Å². The fraction of sp³-hybridized carbons (Fsp3) is 0.462. The zero-order chi connectivity index (χ0) is 12.7. The summed E-state index contributed by atoms with van der Waals surface area (Å²) >= 11 is 0. The number of rotatable bonds is 2. The van der Waals surface area contributed by atoms with Crippen LogP contribution in [0.25, 0.3) is 10.9 Å². The molecule has 0 aliphatic carbocycles. The second-order valence-electron chi connectivity index (χ2n) is 5.06. The van der Waals surface area contributed by atoms with Gasteiger partial charge in [0.2, 0.25) is 0 Å². The summed E-state index contributed by atoms with van der Waals surface area (Å²) in [5.74, 6) is 0.927. The maximum Gasteiger partial charge on any atom is 0.124 e.